The Morgan fingerprint density at radius 3 is 2.17 bits per heavy atom. The maximum atomic E-state index is 13.4. The first-order chi connectivity index (χ1) is 23.1. The molecule has 1 fully saturated rings. The number of hydrogen-bond acceptors (Lipinski definition) is 8. The van der Waals surface area contributed by atoms with Crippen LogP contribution in [0.1, 0.15) is 39.6 Å². The van der Waals surface area contributed by atoms with E-state index >= 15 is 0 Å². The predicted molar refractivity (Wildman–Crippen MR) is 187 cm³/mol. The number of amides is 4. The number of anilines is 3. The number of esters is 1. The smallest absolute Gasteiger partial charge is 0.338 e. The van der Waals surface area contributed by atoms with Gasteiger partial charge in [-0.3, -0.25) is 19.2 Å². The average Bonchev–Trinajstić information content (AvgIpc) is 3.37. The van der Waals surface area contributed by atoms with E-state index in [0.29, 0.717) is 22.5 Å². The predicted octanol–water partition coefficient (Wildman–Crippen LogP) is 5.76. The minimum absolute atomic E-state index is 0.0202. The molecule has 1 heterocycles. The Bertz CT molecular complexity index is 1840. The number of nitrogens with zero attached hydrogens (tertiary/aromatic N) is 2. The molecule has 244 valence electrons. The molecule has 11 heteroatoms. The van der Waals surface area contributed by atoms with E-state index in [4.69, 9.17) is 4.74 Å². The zero-order valence-electron chi connectivity index (χ0n) is 26.6. The topological polar surface area (TPSA) is 125 Å². The number of rotatable bonds is 11. The molecule has 5 rings (SSSR count). The molecule has 1 saturated heterocycles. The molecule has 4 amide bonds. The van der Waals surface area contributed by atoms with Crippen LogP contribution in [0, 0.1) is 0 Å². The van der Waals surface area contributed by atoms with Crippen molar-refractivity contribution in [1.29, 1.82) is 0 Å². The van der Waals surface area contributed by atoms with Crippen molar-refractivity contribution >= 4 is 64.5 Å². The molecule has 0 saturated carbocycles. The van der Waals surface area contributed by atoms with E-state index in [1.807, 2.05) is 43.3 Å². The monoisotopic (exact) mass is 662 g/mol. The molecule has 0 aromatic heterocycles. The van der Waals surface area contributed by atoms with Gasteiger partial charge < -0.3 is 20.3 Å². The van der Waals surface area contributed by atoms with Crippen molar-refractivity contribution in [2.24, 2.45) is 0 Å². The third-order valence-electron chi connectivity index (χ3n) is 7.38. The van der Waals surface area contributed by atoms with E-state index in [1.54, 1.807) is 79.7 Å². The highest BCUT2D eigenvalue weighted by Crippen LogP contribution is 2.34. The summed E-state index contributed by atoms with van der Waals surface area (Å²) in [7, 11) is 3.87. The lowest BCUT2D eigenvalue weighted by atomic mass is 10.1. The fourth-order valence-corrected chi connectivity index (χ4v) is 5.94. The molecule has 1 unspecified atom stereocenters. The summed E-state index contributed by atoms with van der Waals surface area (Å²) in [5, 5.41) is 4.94. The van der Waals surface area contributed by atoms with Gasteiger partial charge >= 0.3 is 5.97 Å². The summed E-state index contributed by atoms with van der Waals surface area (Å²) < 4.78 is 4.99. The second-order valence-corrected chi connectivity index (χ2v) is 12.3. The van der Waals surface area contributed by atoms with Gasteiger partial charge in [0.15, 0.2) is 0 Å². The fraction of sp³-hybridized carbons (Fsp3) is 0.162. The molecule has 4 aromatic carbocycles. The summed E-state index contributed by atoms with van der Waals surface area (Å²) in [6.45, 7) is 1.96. The number of imide groups is 1. The molecule has 0 aliphatic carbocycles. The van der Waals surface area contributed by atoms with Crippen LogP contribution in [-0.2, 0) is 19.1 Å². The lowest BCUT2D eigenvalue weighted by Gasteiger charge is -2.15. The Balaban J connectivity index is 1.26. The van der Waals surface area contributed by atoms with Crippen molar-refractivity contribution in [3.05, 3.63) is 126 Å². The molecule has 1 aliphatic rings. The molecule has 0 spiro atoms. The first-order valence-electron chi connectivity index (χ1n) is 15.2. The summed E-state index contributed by atoms with van der Waals surface area (Å²) >= 11 is 1.25. The van der Waals surface area contributed by atoms with Crippen LogP contribution in [0.4, 0.5) is 17.1 Å². The van der Waals surface area contributed by atoms with Crippen molar-refractivity contribution < 1.29 is 28.7 Å². The highest BCUT2D eigenvalue weighted by molar-refractivity contribution is 8.00. The Kier molecular flexibility index (Phi) is 10.7. The average molecular weight is 663 g/mol. The van der Waals surface area contributed by atoms with Crippen LogP contribution >= 0.6 is 11.8 Å². The fourth-order valence-electron chi connectivity index (χ4n) is 4.89. The van der Waals surface area contributed by atoms with Gasteiger partial charge in [0.1, 0.15) is 5.70 Å². The molecule has 10 nitrogen and oxygen atoms in total. The van der Waals surface area contributed by atoms with Gasteiger partial charge in [-0.1, -0.05) is 30.3 Å². The number of nitrogens with one attached hydrogen (secondary N) is 2. The number of carbonyl (C=O) groups excluding carboxylic acids is 5. The number of carbonyl (C=O) groups is 5. The Morgan fingerprint density at radius 1 is 0.875 bits per heavy atom. The first-order valence-corrected chi connectivity index (χ1v) is 16.1. The second kappa shape index (κ2) is 15.3. The number of thioether (sulfide) groups is 1. The van der Waals surface area contributed by atoms with E-state index < -0.39 is 23.0 Å². The second-order valence-electron chi connectivity index (χ2n) is 11.0. The van der Waals surface area contributed by atoms with Gasteiger partial charge in [0, 0.05) is 42.3 Å². The molecule has 2 N–H and O–H groups in total. The van der Waals surface area contributed by atoms with Gasteiger partial charge in [-0.05, 0) is 91.4 Å². The highest BCUT2D eigenvalue weighted by atomic mass is 32.2. The van der Waals surface area contributed by atoms with Gasteiger partial charge in [0.25, 0.3) is 11.8 Å². The molecule has 1 aliphatic heterocycles. The zero-order chi connectivity index (χ0) is 34.2. The van der Waals surface area contributed by atoms with Crippen LogP contribution in [0.2, 0.25) is 0 Å². The van der Waals surface area contributed by atoms with Crippen LogP contribution in [-0.4, -0.2) is 55.6 Å². The van der Waals surface area contributed by atoms with Crippen molar-refractivity contribution in [1.82, 2.24) is 5.32 Å². The molecular formula is C37H34N4O6S. The van der Waals surface area contributed by atoms with Crippen molar-refractivity contribution in [2.45, 2.75) is 23.5 Å². The van der Waals surface area contributed by atoms with E-state index in [0.717, 1.165) is 21.0 Å². The van der Waals surface area contributed by atoms with Gasteiger partial charge in [0.05, 0.1) is 23.1 Å². The Hall–Kier alpha value is -5.68. The van der Waals surface area contributed by atoms with Crippen molar-refractivity contribution in [3.63, 3.8) is 0 Å². The standard InChI is InChI=1S/C37H34N4O6S/c1-4-47-37(46)26-12-18-29(19-13-26)41-33(42)23-32(36(41)45)48-30-20-14-27(15-21-30)38-35(44)31(39-34(43)25-8-6-5-7-9-25)22-24-10-16-28(17-11-24)40(2)3/h5-22,32H,4,23H2,1-3H3,(H,38,44)(H,39,43)/b31-22-. The third-order valence-corrected chi connectivity index (χ3v) is 8.58. The largest absolute Gasteiger partial charge is 0.462 e. The minimum atomic E-state index is -0.635. The van der Waals surface area contributed by atoms with Gasteiger partial charge in [-0.15, -0.1) is 11.8 Å². The Morgan fingerprint density at radius 2 is 1.54 bits per heavy atom. The molecule has 0 radical (unpaired) electrons. The molecular weight excluding hydrogens is 628 g/mol. The maximum Gasteiger partial charge on any atom is 0.338 e. The van der Waals surface area contributed by atoms with E-state index in [9.17, 15) is 24.0 Å². The van der Waals surface area contributed by atoms with Crippen LogP contribution in [0.25, 0.3) is 6.08 Å². The summed E-state index contributed by atoms with van der Waals surface area (Å²) in [5.74, 6) is -2.10. The summed E-state index contributed by atoms with van der Waals surface area (Å²) in [4.78, 5) is 68.2. The number of benzene rings is 4. The van der Waals surface area contributed by atoms with E-state index in [1.165, 1.54) is 23.9 Å². The van der Waals surface area contributed by atoms with Crippen LogP contribution in [0.5, 0.6) is 0 Å². The molecule has 48 heavy (non-hydrogen) atoms. The molecule has 0 bridgehead atoms. The van der Waals surface area contributed by atoms with Gasteiger partial charge in [-0.25, -0.2) is 9.69 Å². The SMILES string of the molecule is CCOC(=O)c1ccc(N2C(=O)CC(Sc3ccc(NC(=O)/C(=C/c4ccc(N(C)C)cc4)NC(=O)c4ccccc4)cc3)C2=O)cc1. The lowest BCUT2D eigenvalue weighted by molar-refractivity contribution is -0.121. The van der Waals surface area contributed by atoms with Crippen LogP contribution in [0.15, 0.2) is 114 Å². The third kappa shape index (κ3) is 8.18. The summed E-state index contributed by atoms with van der Waals surface area (Å²) in [5.41, 5.74) is 3.38. The van der Waals surface area contributed by atoms with E-state index in [2.05, 4.69) is 10.6 Å². The van der Waals surface area contributed by atoms with E-state index in [-0.39, 0.29) is 30.5 Å². The quantitative estimate of drug-likeness (QED) is 0.118. The maximum absolute atomic E-state index is 13.4. The molecule has 4 aromatic rings. The lowest BCUT2D eigenvalue weighted by Crippen LogP contribution is -2.31. The van der Waals surface area contributed by atoms with Crippen molar-refractivity contribution in [2.75, 3.05) is 35.8 Å². The summed E-state index contributed by atoms with van der Waals surface area (Å²) in [6.07, 6.45) is 1.63. The minimum Gasteiger partial charge on any atom is -0.462 e. The Labute approximate surface area is 282 Å². The zero-order valence-corrected chi connectivity index (χ0v) is 27.5. The number of ether oxygens (including phenoxy) is 1. The van der Waals surface area contributed by atoms with Crippen LogP contribution < -0.4 is 20.4 Å². The van der Waals surface area contributed by atoms with Gasteiger partial charge in [0.2, 0.25) is 11.8 Å². The van der Waals surface area contributed by atoms with Gasteiger partial charge in [-0.2, -0.15) is 0 Å². The number of hydrogen-bond donors (Lipinski definition) is 2. The normalized spacial score (nSPS) is 14.4. The van der Waals surface area contributed by atoms with Crippen molar-refractivity contribution in [3.8, 4) is 0 Å². The van der Waals surface area contributed by atoms with Crippen LogP contribution in [0.3, 0.4) is 0 Å². The highest BCUT2D eigenvalue weighted by Gasteiger charge is 2.40. The molecule has 1 atom stereocenters. The first kappa shape index (κ1) is 33.7. The summed E-state index contributed by atoms with van der Waals surface area (Å²) in [6, 6.07) is 29.2.